The molecule has 1 N–H and O–H groups in total. The monoisotopic (exact) mass is 441 g/mol. The van der Waals surface area contributed by atoms with Gasteiger partial charge in [0.15, 0.2) is 0 Å². The number of nitrogens with zero attached hydrogens (tertiary/aromatic N) is 2. The molecule has 1 heterocycles. The Kier molecular flexibility index (Phi) is 5.20. The first kappa shape index (κ1) is 19.4. The number of carbonyl (C=O) groups excluding carboxylic acids is 1. The average Bonchev–Trinajstić information content (AvgIpc) is 3.30. The van der Waals surface area contributed by atoms with E-state index in [2.05, 4.69) is 26.2 Å². The van der Waals surface area contributed by atoms with E-state index in [1.807, 2.05) is 60.7 Å². The second-order valence-corrected chi connectivity index (χ2v) is 7.96. The van der Waals surface area contributed by atoms with Crippen molar-refractivity contribution in [1.82, 2.24) is 8.75 Å². The van der Waals surface area contributed by atoms with Crippen LogP contribution in [0.15, 0.2) is 91.0 Å². The van der Waals surface area contributed by atoms with Crippen LogP contribution in [0, 0.1) is 0 Å². The second kappa shape index (κ2) is 8.30. The fraction of sp³-hybridized carbons (Fsp3) is 0. The van der Waals surface area contributed by atoms with Crippen LogP contribution in [0.2, 0.25) is 5.02 Å². The molecule has 5 rings (SSSR count). The van der Waals surface area contributed by atoms with Crippen molar-refractivity contribution in [2.45, 2.75) is 0 Å². The van der Waals surface area contributed by atoms with Crippen molar-refractivity contribution in [1.29, 1.82) is 0 Å². The van der Waals surface area contributed by atoms with Gasteiger partial charge in [0.1, 0.15) is 11.0 Å². The predicted octanol–water partition coefficient (Wildman–Crippen LogP) is 6.93. The number of fused-ring (bicyclic) bond motifs is 1. The number of carbonyl (C=O) groups is 1. The molecule has 150 valence electrons. The van der Waals surface area contributed by atoms with E-state index in [9.17, 15) is 4.79 Å². The fourth-order valence-corrected chi connectivity index (χ4v) is 4.32. The number of rotatable bonds is 4. The van der Waals surface area contributed by atoms with Crippen LogP contribution >= 0.6 is 23.3 Å². The summed E-state index contributed by atoms with van der Waals surface area (Å²) in [6.07, 6.45) is 0. The first-order valence-electron chi connectivity index (χ1n) is 9.68. The van der Waals surface area contributed by atoms with Gasteiger partial charge in [0.25, 0.3) is 5.91 Å². The van der Waals surface area contributed by atoms with E-state index in [1.165, 1.54) is 11.7 Å². The molecule has 1 amide bonds. The maximum Gasteiger partial charge on any atom is 0.255 e. The molecular weight excluding hydrogens is 426 g/mol. The molecule has 0 saturated carbocycles. The zero-order valence-electron chi connectivity index (χ0n) is 16.2. The van der Waals surface area contributed by atoms with Gasteiger partial charge in [-0.2, -0.15) is 8.75 Å². The van der Waals surface area contributed by atoms with E-state index in [0.717, 1.165) is 33.3 Å². The Bertz CT molecular complexity index is 1380. The van der Waals surface area contributed by atoms with Crippen molar-refractivity contribution in [3.63, 3.8) is 0 Å². The molecule has 31 heavy (non-hydrogen) atoms. The third kappa shape index (κ3) is 3.81. The third-order valence-corrected chi connectivity index (χ3v) is 5.82. The van der Waals surface area contributed by atoms with Gasteiger partial charge in [-0.05, 0) is 29.8 Å². The Hall–Kier alpha value is -3.54. The molecule has 4 nitrogen and oxygen atoms in total. The van der Waals surface area contributed by atoms with Gasteiger partial charge >= 0.3 is 0 Å². The molecule has 0 aliphatic carbocycles. The standard InChI is InChI=1S/C25H16ClN3OS/c26-18-11-12-20(22(15-18)27-25(30)17-9-5-2-6-10-17)21-14-13-19(16-7-3-1-4-8-16)23-24(21)29-31-28-23/h1-15H,(H,27,30). The van der Waals surface area contributed by atoms with Crippen LogP contribution in [0.3, 0.4) is 0 Å². The van der Waals surface area contributed by atoms with Gasteiger partial charge in [-0.3, -0.25) is 4.79 Å². The molecule has 0 bridgehead atoms. The summed E-state index contributed by atoms with van der Waals surface area (Å²) in [7, 11) is 0. The summed E-state index contributed by atoms with van der Waals surface area (Å²) in [5.41, 5.74) is 6.68. The Labute approximate surface area is 188 Å². The molecule has 0 unspecified atom stereocenters. The van der Waals surface area contributed by atoms with Crippen LogP contribution in [-0.2, 0) is 0 Å². The normalized spacial score (nSPS) is 10.9. The minimum Gasteiger partial charge on any atom is -0.321 e. The van der Waals surface area contributed by atoms with Crippen LogP contribution < -0.4 is 5.32 Å². The van der Waals surface area contributed by atoms with Crippen molar-refractivity contribution in [2.24, 2.45) is 0 Å². The van der Waals surface area contributed by atoms with E-state index in [4.69, 9.17) is 11.6 Å². The highest BCUT2D eigenvalue weighted by Crippen LogP contribution is 2.38. The maximum absolute atomic E-state index is 12.8. The number of aromatic nitrogens is 2. The molecule has 1 aromatic heterocycles. The van der Waals surface area contributed by atoms with E-state index in [0.29, 0.717) is 16.3 Å². The number of anilines is 1. The van der Waals surface area contributed by atoms with Gasteiger partial charge < -0.3 is 5.32 Å². The van der Waals surface area contributed by atoms with Crippen molar-refractivity contribution in [3.8, 4) is 22.3 Å². The summed E-state index contributed by atoms with van der Waals surface area (Å²) in [5, 5.41) is 3.54. The lowest BCUT2D eigenvalue weighted by Crippen LogP contribution is -2.12. The van der Waals surface area contributed by atoms with E-state index < -0.39 is 0 Å². The van der Waals surface area contributed by atoms with Crippen molar-refractivity contribution < 1.29 is 4.79 Å². The zero-order chi connectivity index (χ0) is 21.2. The molecule has 0 spiro atoms. The Morgan fingerprint density at radius 1 is 0.742 bits per heavy atom. The summed E-state index contributed by atoms with van der Waals surface area (Å²) in [5.74, 6) is -0.197. The van der Waals surface area contributed by atoms with Crippen LogP contribution in [0.4, 0.5) is 5.69 Å². The number of hydrogen-bond donors (Lipinski definition) is 1. The van der Waals surface area contributed by atoms with Crippen LogP contribution in [-0.4, -0.2) is 14.7 Å². The molecule has 0 atom stereocenters. The molecule has 0 aliphatic rings. The first-order chi connectivity index (χ1) is 15.2. The van der Waals surface area contributed by atoms with Gasteiger partial charge in [-0.15, -0.1) is 0 Å². The lowest BCUT2D eigenvalue weighted by atomic mass is 9.97. The Morgan fingerprint density at radius 2 is 1.35 bits per heavy atom. The molecule has 0 saturated heterocycles. The first-order valence-corrected chi connectivity index (χ1v) is 10.8. The molecule has 5 aromatic rings. The van der Waals surface area contributed by atoms with Crippen LogP contribution in [0.5, 0.6) is 0 Å². The smallest absolute Gasteiger partial charge is 0.255 e. The van der Waals surface area contributed by atoms with Crippen LogP contribution in [0.1, 0.15) is 10.4 Å². The largest absolute Gasteiger partial charge is 0.321 e. The summed E-state index contributed by atoms with van der Waals surface area (Å²) in [6, 6.07) is 28.7. The quantitative estimate of drug-likeness (QED) is 0.329. The van der Waals surface area contributed by atoms with E-state index in [1.54, 1.807) is 18.2 Å². The average molecular weight is 442 g/mol. The molecule has 0 radical (unpaired) electrons. The van der Waals surface area contributed by atoms with Gasteiger partial charge in [-0.25, -0.2) is 0 Å². The number of halogens is 1. The zero-order valence-corrected chi connectivity index (χ0v) is 17.8. The summed E-state index contributed by atoms with van der Waals surface area (Å²) in [6.45, 7) is 0. The highest BCUT2D eigenvalue weighted by atomic mass is 35.5. The number of nitrogens with one attached hydrogen (secondary N) is 1. The van der Waals surface area contributed by atoms with Crippen LogP contribution in [0.25, 0.3) is 33.3 Å². The Morgan fingerprint density at radius 3 is 2.10 bits per heavy atom. The summed E-state index contributed by atoms with van der Waals surface area (Å²) < 4.78 is 9.12. The topological polar surface area (TPSA) is 54.9 Å². The molecule has 4 aromatic carbocycles. The van der Waals surface area contributed by atoms with Gasteiger partial charge in [0.2, 0.25) is 0 Å². The lowest BCUT2D eigenvalue weighted by molar-refractivity contribution is 0.102. The molecular formula is C25H16ClN3OS. The number of hydrogen-bond acceptors (Lipinski definition) is 4. The SMILES string of the molecule is O=C(Nc1cc(Cl)ccc1-c1ccc(-c2ccccc2)c2nsnc12)c1ccccc1. The summed E-state index contributed by atoms with van der Waals surface area (Å²) in [4.78, 5) is 12.8. The third-order valence-electron chi connectivity index (χ3n) is 5.06. The molecule has 0 fully saturated rings. The highest BCUT2D eigenvalue weighted by molar-refractivity contribution is 7.00. The van der Waals surface area contributed by atoms with Crippen molar-refractivity contribution >= 4 is 46.0 Å². The minimum absolute atomic E-state index is 0.197. The Balaban J connectivity index is 1.61. The summed E-state index contributed by atoms with van der Waals surface area (Å²) >= 11 is 7.44. The van der Waals surface area contributed by atoms with E-state index in [-0.39, 0.29) is 5.91 Å². The van der Waals surface area contributed by atoms with Gasteiger partial charge in [0.05, 0.1) is 17.4 Å². The van der Waals surface area contributed by atoms with Crippen molar-refractivity contribution in [3.05, 3.63) is 102 Å². The molecule has 0 aliphatic heterocycles. The second-order valence-electron chi connectivity index (χ2n) is 7.00. The lowest BCUT2D eigenvalue weighted by Gasteiger charge is -2.13. The molecule has 6 heteroatoms. The van der Waals surface area contributed by atoms with Crippen molar-refractivity contribution in [2.75, 3.05) is 5.32 Å². The van der Waals surface area contributed by atoms with Gasteiger partial charge in [0, 0.05) is 27.3 Å². The number of amides is 1. The minimum atomic E-state index is -0.197. The number of benzene rings is 4. The fourth-order valence-electron chi connectivity index (χ4n) is 3.57. The predicted molar refractivity (Wildman–Crippen MR) is 128 cm³/mol. The van der Waals surface area contributed by atoms with E-state index >= 15 is 0 Å². The van der Waals surface area contributed by atoms with Gasteiger partial charge in [-0.1, -0.05) is 78.3 Å². The maximum atomic E-state index is 12.8. The highest BCUT2D eigenvalue weighted by Gasteiger charge is 2.17.